The van der Waals surface area contributed by atoms with Gasteiger partial charge in [0.25, 0.3) is 0 Å². The molecule has 0 spiro atoms. The second-order valence-electron chi connectivity index (χ2n) is 10.2. The molecule has 40 heavy (non-hydrogen) atoms. The Bertz CT molecular complexity index is 2110. The van der Waals surface area contributed by atoms with Gasteiger partial charge in [-0.15, -0.1) is 11.3 Å². The highest BCUT2D eigenvalue weighted by atomic mass is 32.1. The monoisotopic (exact) mass is 528 g/mol. The average molecular weight is 529 g/mol. The molecule has 0 aliphatic carbocycles. The van der Waals surface area contributed by atoms with Gasteiger partial charge in [-0.2, -0.15) is 0 Å². The molecule has 0 aliphatic rings. The van der Waals surface area contributed by atoms with Gasteiger partial charge in [0, 0.05) is 49.4 Å². The first-order valence-corrected chi connectivity index (χ1v) is 14.3. The van der Waals surface area contributed by atoms with E-state index in [0.717, 1.165) is 27.5 Å². The first-order chi connectivity index (χ1) is 19.8. The van der Waals surface area contributed by atoms with Gasteiger partial charge in [0.15, 0.2) is 0 Å². The molecule has 0 atom stereocenters. The Morgan fingerprint density at radius 1 is 0.475 bits per heavy atom. The maximum absolute atomic E-state index is 4.83. The van der Waals surface area contributed by atoms with Crippen LogP contribution in [0.1, 0.15) is 22.6 Å². The van der Waals surface area contributed by atoms with Crippen LogP contribution in [0.15, 0.2) is 140 Å². The van der Waals surface area contributed by atoms with Crippen LogP contribution in [-0.4, -0.2) is 9.97 Å². The van der Waals surface area contributed by atoms with Crippen molar-refractivity contribution in [3.05, 3.63) is 156 Å². The van der Waals surface area contributed by atoms with E-state index >= 15 is 0 Å². The molecule has 8 rings (SSSR count). The van der Waals surface area contributed by atoms with Gasteiger partial charge in [0.2, 0.25) is 0 Å². The van der Waals surface area contributed by atoms with E-state index < -0.39 is 0 Å². The zero-order valence-electron chi connectivity index (χ0n) is 21.7. The molecule has 0 N–H and O–H groups in total. The summed E-state index contributed by atoms with van der Waals surface area (Å²) in [4.78, 5) is 9.66. The van der Waals surface area contributed by atoms with Gasteiger partial charge < -0.3 is 0 Å². The summed E-state index contributed by atoms with van der Waals surface area (Å²) in [6, 6.07) is 46.0. The van der Waals surface area contributed by atoms with Crippen LogP contribution in [0.4, 0.5) is 0 Å². The molecule has 0 saturated heterocycles. The van der Waals surface area contributed by atoms with Crippen LogP contribution in [0.2, 0.25) is 0 Å². The molecular formula is C37H24N2S. The lowest BCUT2D eigenvalue weighted by atomic mass is 9.84. The molecular weight excluding hydrogens is 504 g/mol. The number of hydrogen-bond acceptors (Lipinski definition) is 3. The molecule has 0 bridgehead atoms. The SMILES string of the molecule is c1ccc(C(c2ccccc2)c2ccc(-c3cc4cc5sc6ccccc6c5cc4c4nccnc34)cc2)cc1. The summed E-state index contributed by atoms with van der Waals surface area (Å²) in [7, 11) is 0. The predicted octanol–water partition coefficient (Wildman–Crippen LogP) is 10.00. The minimum absolute atomic E-state index is 0.172. The number of benzene rings is 6. The lowest BCUT2D eigenvalue weighted by Crippen LogP contribution is -2.03. The molecule has 0 aliphatic heterocycles. The Kier molecular flexibility index (Phi) is 5.42. The molecule has 8 aromatic rings. The predicted molar refractivity (Wildman–Crippen MR) is 169 cm³/mol. The molecule has 188 valence electrons. The minimum Gasteiger partial charge on any atom is -0.252 e. The fourth-order valence-corrected chi connectivity index (χ4v) is 7.15. The molecule has 0 amide bonds. The van der Waals surface area contributed by atoms with E-state index in [4.69, 9.17) is 9.97 Å². The quantitative estimate of drug-likeness (QED) is 0.168. The van der Waals surface area contributed by atoms with Crippen molar-refractivity contribution in [2.75, 3.05) is 0 Å². The number of thiophene rings is 1. The first-order valence-electron chi connectivity index (χ1n) is 13.5. The van der Waals surface area contributed by atoms with E-state index in [1.165, 1.54) is 42.2 Å². The van der Waals surface area contributed by atoms with Crippen molar-refractivity contribution < 1.29 is 0 Å². The van der Waals surface area contributed by atoms with Gasteiger partial charge >= 0.3 is 0 Å². The smallest absolute Gasteiger partial charge is 0.0971 e. The summed E-state index contributed by atoms with van der Waals surface area (Å²) in [5.74, 6) is 0.172. The van der Waals surface area contributed by atoms with E-state index in [0.29, 0.717) is 0 Å². The molecule has 0 fully saturated rings. The van der Waals surface area contributed by atoms with E-state index in [-0.39, 0.29) is 5.92 Å². The van der Waals surface area contributed by atoms with Crippen LogP contribution >= 0.6 is 11.3 Å². The second kappa shape index (κ2) is 9.41. The van der Waals surface area contributed by atoms with Gasteiger partial charge in [0.05, 0.1) is 11.0 Å². The van der Waals surface area contributed by atoms with Crippen molar-refractivity contribution >= 4 is 53.3 Å². The van der Waals surface area contributed by atoms with E-state index in [2.05, 4.69) is 127 Å². The zero-order chi connectivity index (χ0) is 26.5. The van der Waals surface area contributed by atoms with Gasteiger partial charge in [0.1, 0.15) is 0 Å². The van der Waals surface area contributed by atoms with Crippen LogP contribution in [0.5, 0.6) is 0 Å². The van der Waals surface area contributed by atoms with Crippen molar-refractivity contribution in [1.29, 1.82) is 0 Å². The summed E-state index contributed by atoms with van der Waals surface area (Å²) < 4.78 is 2.61. The Labute approximate surface area is 236 Å². The van der Waals surface area contributed by atoms with Gasteiger partial charge in [-0.1, -0.05) is 103 Å². The van der Waals surface area contributed by atoms with E-state index in [1.54, 1.807) is 12.4 Å². The maximum Gasteiger partial charge on any atom is 0.0971 e. The molecule has 0 unspecified atom stereocenters. The average Bonchev–Trinajstić information content (AvgIpc) is 3.39. The highest BCUT2D eigenvalue weighted by molar-refractivity contribution is 7.25. The molecule has 3 heteroatoms. The van der Waals surface area contributed by atoms with Gasteiger partial charge in [-0.25, -0.2) is 0 Å². The zero-order valence-corrected chi connectivity index (χ0v) is 22.5. The molecule has 2 aromatic heterocycles. The number of hydrogen-bond donors (Lipinski definition) is 0. The Balaban J connectivity index is 1.30. The number of fused-ring (bicyclic) bond motifs is 6. The Morgan fingerprint density at radius 2 is 1.10 bits per heavy atom. The standard InChI is InChI=1S/C37H24N2S/c1-3-9-25(10-4-1)35(26-11-5-2-6-12-26)27-17-15-24(16-18-27)30-21-28-22-34-32(29-13-7-8-14-33(29)40-34)23-31(28)37-36(30)38-19-20-39-37/h1-23,35H. The Morgan fingerprint density at radius 3 is 1.82 bits per heavy atom. The molecule has 0 saturated carbocycles. The fourth-order valence-electron chi connectivity index (χ4n) is 6.01. The number of rotatable bonds is 4. The lowest BCUT2D eigenvalue weighted by molar-refractivity contribution is 0.978. The molecule has 2 nitrogen and oxygen atoms in total. The third-order valence-electron chi connectivity index (χ3n) is 7.88. The molecule has 2 heterocycles. The summed E-state index contributed by atoms with van der Waals surface area (Å²) in [5.41, 5.74) is 7.98. The lowest BCUT2D eigenvalue weighted by Gasteiger charge is -2.19. The van der Waals surface area contributed by atoms with Crippen LogP contribution in [0.3, 0.4) is 0 Å². The second-order valence-corrected chi connectivity index (χ2v) is 11.3. The Hall–Kier alpha value is -4.86. The molecule has 0 radical (unpaired) electrons. The van der Waals surface area contributed by atoms with Crippen LogP contribution in [0.25, 0.3) is 53.1 Å². The normalized spacial score (nSPS) is 11.7. The van der Waals surface area contributed by atoms with Crippen molar-refractivity contribution in [3.8, 4) is 11.1 Å². The molecule has 6 aromatic carbocycles. The van der Waals surface area contributed by atoms with E-state index in [9.17, 15) is 0 Å². The van der Waals surface area contributed by atoms with Crippen LogP contribution in [0, 0.1) is 0 Å². The summed E-state index contributed by atoms with van der Waals surface area (Å²) in [6.45, 7) is 0. The summed E-state index contributed by atoms with van der Waals surface area (Å²) in [6.07, 6.45) is 3.60. The number of aromatic nitrogens is 2. The van der Waals surface area contributed by atoms with Crippen LogP contribution < -0.4 is 0 Å². The van der Waals surface area contributed by atoms with Crippen LogP contribution in [-0.2, 0) is 0 Å². The third-order valence-corrected chi connectivity index (χ3v) is 9.01. The highest BCUT2D eigenvalue weighted by Gasteiger charge is 2.18. The summed E-state index contributed by atoms with van der Waals surface area (Å²) in [5, 5.41) is 4.92. The van der Waals surface area contributed by atoms with Crippen molar-refractivity contribution in [3.63, 3.8) is 0 Å². The first kappa shape index (κ1) is 23.1. The van der Waals surface area contributed by atoms with Crippen molar-refractivity contribution in [2.24, 2.45) is 0 Å². The largest absolute Gasteiger partial charge is 0.252 e. The third kappa shape index (κ3) is 3.78. The number of nitrogens with zero attached hydrogens (tertiary/aromatic N) is 2. The van der Waals surface area contributed by atoms with Gasteiger partial charge in [-0.3, -0.25) is 9.97 Å². The minimum atomic E-state index is 0.172. The maximum atomic E-state index is 4.83. The highest BCUT2D eigenvalue weighted by Crippen LogP contribution is 2.40. The van der Waals surface area contributed by atoms with Gasteiger partial charge in [-0.05, 0) is 51.9 Å². The summed E-state index contributed by atoms with van der Waals surface area (Å²) >= 11 is 1.85. The van der Waals surface area contributed by atoms with Crippen molar-refractivity contribution in [1.82, 2.24) is 9.97 Å². The van der Waals surface area contributed by atoms with Crippen molar-refractivity contribution in [2.45, 2.75) is 5.92 Å². The topological polar surface area (TPSA) is 25.8 Å². The van der Waals surface area contributed by atoms with E-state index in [1.807, 2.05) is 11.3 Å². The fraction of sp³-hybridized carbons (Fsp3) is 0.0270.